The topological polar surface area (TPSA) is 49.8 Å². The maximum atomic E-state index is 10.7. The summed E-state index contributed by atoms with van der Waals surface area (Å²) >= 11 is 0. The molecule has 1 saturated heterocycles. The molecule has 1 heterocycles. The Morgan fingerprint density at radius 3 is 2.21 bits per heavy atom. The summed E-state index contributed by atoms with van der Waals surface area (Å²) in [5.41, 5.74) is 5.37. The number of carbonyl (C=O) groups is 1. The van der Waals surface area contributed by atoms with Crippen LogP contribution in [0.4, 0.5) is 0 Å². The zero-order valence-corrected chi connectivity index (χ0v) is 18.1. The van der Waals surface area contributed by atoms with Crippen molar-refractivity contribution in [3.63, 3.8) is 0 Å². The van der Waals surface area contributed by atoms with Gasteiger partial charge in [-0.1, -0.05) is 58.0 Å². The maximum absolute atomic E-state index is 10.7. The molecule has 1 aromatic rings. The molecule has 3 aliphatic carbocycles. The van der Waals surface area contributed by atoms with Crippen molar-refractivity contribution in [3.8, 4) is 0 Å². The quantitative estimate of drug-likeness (QED) is 0.394. The maximum Gasteiger partial charge on any atom is 0.328 e. The first-order valence-corrected chi connectivity index (χ1v) is 10.6. The van der Waals surface area contributed by atoms with Gasteiger partial charge in [-0.2, -0.15) is 0 Å². The Labute approximate surface area is 169 Å². The Morgan fingerprint density at radius 1 is 1.07 bits per heavy atom. The summed E-state index contributed by atoms with van der Waals surface area (Å²) in [6.07, 6.45) is 10.2. The Hall–Kier alpha value is -1.87. The van der Waals surface area contributed by atoms with E-state index in [1.54, 1.807) is 6.92 Å². The zero-order valence-electron chi connectivity index (χ0n) is 18.1. The summed E-state index contributed by atoms with van der Waals surface area (Å²) in [7, 11) is 0. The molecular weight excluding hydrogens is 348 g/mol. The minimum Gasteiger partial charge on any atom is -0.478 e. The largest absolute Gasteiger partial charge is 0.478 e. The molecule has 1 N–H and O–H groups in total. The lowest BCUT2D eigenvalue weighted by molar-refractivity contribution is -0.131. The lowest BCUT2D eigenvalue weighted by Gasteiger charge is -2.52. The van der Waals surface area contributed by atoms with Crippen LogP contribution >= 0.6 is 0 Å². The average molecular weight is 383 g/mol. The van der Waals surface area contributed by atoms with Gasteiger partial charge in [0.2, 0.25) is 0 Å². The molecule has 2 bridgehead atoms. The molecule has 5 rings (SSSR count). The number of carboxylic acids is 1. The van der Waals surface area contributed by atoms with Gasteiger partial charge in [0.25, 0.3) is 0 Å². The predicted molar refractivity (Wildman–Crippen MR) is 114 cm³/mol. The molecule has 1 aliphatic heterocycles. The van der Waals surface area contributed by atoms with Crippen molar-refractivity contribution in [1.29, 1.82) is 0 Å². The fraction of sp³-hybridized carbons (Fsp3) is 0.560. The van der Waals surface area contributed by atoms with Gasteiger partial charge >= 0.3 is 5.97 Å². The number of ether oxygens (including phenoxy) is 1. The Morgan fingerprint density at radius 2 is 1.64 bits per heavy atom. The van der Waals surface area contributed by atoms with Crippen molar-refractivity contribution in [2.75, 3.05) is 0 Å². The van der Waals surface area contributed by atoms with Crippen LogP contribution in [0.1, 0.15) is 83.9 Å². The van der Waals surface area contributed by atoms with Gasteiger partial charge in [-0.15, -0.1) is 0 Å². The molecule has 0 spiro atoms. The highest BCUT2D eigenvalue weighted by Gasteiger charge is 2.54. The molecule has 3 heteroatoms. The second-order valence-electron chi connectivity index (χ2n) is 9.11. The Kier molecular flexibility index (Phi) is 5.35. The third-order valence-electron chi connectivity index (χ3n) is 7.09. The lowest BCUT2D eigenvalue weighted by Crippen LogP contribution is -2.44. The third kappa shape index (κ3) is 3.45. The van der Waals surface area contributed by atoms with E-state index in [-0.39, 0.29) is 11.7 Å². The molecule has 3 nitrogen and oxygen atoms in total. The first kappa shape index (κ1) is 20.9. The molecule has 1 unspecified atom stereocenters. The van der Waals surface area contributed by atoms with Crippen LogP contribution in [0.5, 0.6) is 0 Å². The van der Waals surface area contributed by atoms with Gasteiger partial charge in [0.15, 0.2) is 0 Å². The van der Waals surface area contributed by atoms with Crippen molar-refractivity contribution in [2.24, 2.45) is 0 Å². The van der Waals surface area contributed by atoms with E-state index in [2.05, 4.69) is 39.0 Å². The number of benzene rings is 1. The highest BCUT2D eigenvalue weighted by Crippen LogP contribution is 2.57. The van der Waals surface area contributed by atoms with Crippen LogP contribution in [0.15, 0.2) is 42.0 Å². The van der Waals surface area contributed by atoms with E-state index in [9.17, 15) is 4.79 Å². The second-order valence-corrected chi connectivity index (χ2v) is 9.11. The fourth-order valence-electron chi connectivity index (χ4n) is 4.94. The number of carboxylic acid groups (broad SMARTS) is 1. The van der Waals surface area contributed by atoms with Crippen LogP contribution in [0, 0.1) is 0 Å². The van der Waals surface area contributed by atoms with Gasteiger partial charge in [0.05, 0.1) is 0 Å². The molecule has 1 aromatic carbocycles. The van der Waals surface area contributed by atoms with Gasteiger partial charge in [0, 0.05) is 6.08 Å². The van der Waals surface area contributed by atoms with Crippen molar-refractivity contribution in [1.82, 2.24) is 0 Å². The monoisotopic (exact) mass is 382 g/mol. The lowest BCUT2D eigenvalue weighted by atomic mass is 9.52. The minimum atomic E-state index is -0.918. The number of rotatable bonds is 4. The molecule has 2 atom stereocenters. The van der Waals surface area contributed by atoms with E-state index in [0.29, 0.717) is 10.8 Å². The summed E-state index contributed by atoms with van der Waals surface area (Å²) < 4.78 is 6.01. The molecule has 4 aliphatic rings. The molecule has 28 heavy (non-hydrogen) atoms. The Balaban J connectivity index is 0.00000109. The van der Waals surface area contributed by atoms with Gasteiger partial charge in [-0.25, -0.2) is 4.79 Å². The van der Waals surface area contributed by atoms with E-state index in [0.717, 1.165) is 5.57 Å². The van der Waals surface area contributed by atoms with Crippen LogP contribution < -0.4 is 0 Å². The summed E-state index contributed by atoms with van der Waals surface area (Å²) in [4.78, 5) is 10.7. The number of fused-ring (bicyclic) bond motifs is 2. The normalized spacial score (nSPS) is 35.9. The molecule has 0 amide bonds. The molecule has 0 aromatic heterocycles. The Bertz CT molecular complexity index is 824. The number of hydrogen-bond donors (Lipinski definition) is 1. The van der Waals surface area contributed by atoms with Gasteiger partial charge < -0.3 is 9.84 Å². The average Bonchev–Trinajstić information content (AvgIpc) is 3.34. The zero-order chi connectivity index (χ0) is 20.7. The second kappa shape index (κ2) is 7.18. The molecular formula is C25H34O3. The van der Waals surface area contributed by atoms with Gasteiger partial charge in [-0.05, 0) is 72.6 Å². The van der Waals surface area contributed by atoms with E-state index in [4.69, 9.17) is 9.84 Å². The van der Waals surface area contributed by atoms with E-state index < -0.39 is 5.97 Å². The van der Waals surface area contributed by atoms with Crippen molar-refractivity contribution < 1.29 is 14.6 Å². The summed E-state index contributed by atoms with van der Waals surface area (Å²) in [5, 5.41) is 8.81. The predicted octanol–water partition coefficient (Wildman–Crippen LogP) is 6.02. The summed E-state index contributed by atoms with van der Waals surface area (Å²) in [5.74, 6) is -0.918. The molecule has 0 radical (unpaired) electrons. The minimum absolute atomic E-state index is 0.00173. The first-order chi connectivity index (χ1) is 13.2. The van der Waals surface area contributed by atoms with Crippen molar-refractivity contribution in [3.05, 3.63) is 58.7 Å². The van der Waals surface area contributed by atoms with Gasteiger partial charge in [-0.3, -0.25) is 0 Å². The van der Waals surface area contributed by atoms with Crippen LogP contribution in [-0.2, 0) is 26.0 Å². The van der Waals surface area contributed by atoms with E-state index >= 15 is 0 Å². The molecule has 2 fully saturated rings. The van der Waals surface area contributed by atoms with Gasteiger partial charge in [0.1, 0.15) is 11.7 Å². The van der Waals surface area contributed by atoms with Crippen LogP contribution in [0.2, 0.25) is 0 Å². The summed E-state index contributed by atoms with van der Waals surface area (Å²) in [6, 6.07) is 6.96. The smallest absolute Gasteiger partial charge is 0.328 e. The first-order valence-electron chi connectivity index (χ1n) is 10.6. The van der Waals surface area contributed by atoms with Crippen molar-refractivity contribution >= 4 is 5.97 Å². The number of aliphatic carboxylic acids is 1. The number of hydrogen-bond acceptors (Lipinski definition) is 2. The molecule has 152 valence electrons. The van der Waals surface area contributed by atoms with E-state index in [1.807, 2.05) is 26.0 Å². The van der Waals surface area contributed by atoms with E-state index in [1.165, 1.54) is 48.4 Å². The number of allylic oxidation sites excluding steroid dienone is 2. The fourth-order valence-corrected chi connectivity index (χ4v) is 4.94. The molecule has 1 saturated carbocycles. The standard InChI is InChI=1S/C23H28O3.C2H6/c1-15(13-20(24)25)5-8-19-23(4,26-19)16-6-7-17-18(14-16)22(3)11-9-21(17,2)10-12-22;1-2/h5-8,13-14,19H,9-12H2,1-4H3,(H,24,25);1-2H3/b8-5+,15-13+;/t19?,21?,22?,23-;/m1./s1. The SMILES string of the molecule is CC.CC(/C=C/C1O[C@]1(C)c1ccc2c(c1)C1(C)CCC2(C)CC1)=C\C(=O)O. The highest BCUT2D eigenvalue weighted by atomic mass is 16.6. The number of epoxide rings is 1. The van der Waals surface area contributed by atoms with Crippen LogP contribution in [0.3, 0.4) is 0 Å². The highest BCUT2D eigenvalue weighted by molar-refractivity contribution is 5.81. The van der Waals surface area contributed by atoms with Crippen molar-refractivity contribution in [2.45, 2.75) is 89.8 Å². The third-order valence-corrected chi connectivity index (χ3v) is 7.09. The van der Waals surface area contributed by atoms with Crippen LogP contribution in [-0.4, -0.2) is 17.2 Å². The van der Waals surface area contributed by atoms with Crippen LogP contribution in [0.25, 0.3) is 0 Å². The summed E-state index contributed by atoms with van der Waals surface area (Å²) in [6.45, 7) is 12.8.